The number of rotatable bonds is 5. The Morgan fingerprint density at radius 1 is 1.32 bits per heavy atom. The van der Waals surface area contributed by atoms with Crippen molar-refractivity contribution in [3.05, 3.63) is 40.4 Å². The zero-order valence-electron chi connectivity index (χ0n) is 14.9. The van der Waals surface area contributed by atoms with E-state index >= 15 is 0 Å². The molecule has 0 unspecified atom stereocenters. The molecule has 25 heavy (non-hydrogen) atoms. The van der Waals surface area contributed by atoms with Crippen molar-refractivity contribution in [2.24, 2.45) is 5.92 Å². The van der Waals surface area contributed by atoms with Crippen LogP contribution in [0.2, 0.25) is 0 Å². The monoisotopic (exact) mass is 402 g/mol. The minimum absolute atomic E-state index is 0.463. The van der Waals surface area contributed by atoms with Crippen molar-refractivity contribution in [1.29, 1.82) is 0 Å². The molecule has 0 saturated heterocycles. The number of halogens is 1. The predicted molar refractivity (Wildman–Crippen MR) is 108 cm³/mol. The van der Waals surface area contributed by atoms with E-state index < -0.39 is 0 Å². The molecule has 0 amide bonds. The lowest BCUT2D eigenvalue weighted by Gasteiger charge is -2.17. The van der Waals surface area contributed by atoms with Gasteiger partial charge < -0.3 is 20.4 Å². The summed E-state index contributed by atoms with van der Waals surface area (Å²) in [4.78, 5) is 4.77. The molecule has 2 aromatic carbocycles. The minimum atomic E-state index is 0.463. The smallest absolute Gasteiger partial charge is 0.208 e. The van der Waals surface area contributed by atoms with E-state index in [1.54, 1.807) is 7.11 Å². The lowest BCUT2D eigenvalue weighted by atomic mass is 10.2. The van der Waals surface area contributed by atoms with Gasteiger partial charge in [0.25, 0.3) is 0 Å². The maximum absolute atomic E-state index is 6.23. The summed E-state index contributed by atoms with van der Waals surface area (Å²) in [7, 11) is 1.67. The molecular weight excluding hydrogens is 380 g/mol. The molecule has 3 aromatic rings. The van der Waals surface area contributed by atoms with Crippen molar-refractivity contribution >= 4 is 44.3 Å². The highest BCUT2D eigenvalue weighted by atomic mass is 79.9. The number of imidazole rings is 1. The Kier molecular flexibility index (Phi) is 4.90. The van der Waals surface area contributed by atoms with Crippen LogP contribution in [0, 0.1) is 12.8 Å². The highest BCUT2D eigenvalue weighted by Gasteiger charge is 2.17. The van der Waals surface area contributed by atoms with Crippen LogP contribution in [0.4, 0.5) is 17.3 Å². The molecule has 1 heterocycles. The van der Waals surface area contributed by atoms with Gasteiger partial charge in [-0.3, -0.25) is 0 Å². The van der Waals surface area contributed by atoms with E-state index in [0.29, 0.717) is 5.92 Å². The summed E-state index contributed by atoms with van der Waals surface area (Å²) in [5, 5.41) is 3.46. The van der Waals surface area contributed by atoms with Gasteiger partial charge in [-0.15, -0.1) is 0 Å². The molecule has 0 aliphatic rings. The Morgan fingerprint density at radius 2 is 2.08 bits per heavy atom. The van der Waals surface area contributed by atoms with E-state index in [4.69, 9.17) is 15.5 Å². The number of methoxy groups -OCH3 is 1. The second-order valence-corrected chi connectivity index (χ2v) is 7.50. The van der Waals surface area contributed by atoms with Crippen LogP contribution in [0.1, 0.15) is 19.4 Å². The number of nitrogens with one attached hydrogen (secondary N) is 1. The molecule has 0 saturated carbocycles. The number of hydrogen-bond acceptors (Lipinski definition) is 4. The summed E-state index contributed by atoms with van der Waals surface area (Å²) < 4.78 is 8.67. The molecule has 0 spiro atoms. The zero-order valence-corrected chi connectivity index (χ0v) is 16.5. The summed E-state index contributed by atoms with van der Waals surface area (Å²) in [6, 6.07) is 9.82. The van der Waals surface area contributed by atoms with Gasteiger partial charge in [0.05, 0.1) is 29.5 Å². The Balaban J connectivity index is 2.15. The highest BCUT2D eigenvalue weighted by molar-refractivity contribution is 9.10. The van der Waals surface area contributed by atoms with Gasteiger partial charge in [-0.1, -0.05) is 35.8 Å². The number of benzene rings is 2. The minimum Gasteiger partial charge on any atom is -0.495 e. The van der Waals surface area contributed by atoms with Crippen molar-refractivity contribution < 1.29 is 4.74 Å². The molecular formula is C19H23BrN4O. The molecule has 5 nitrogen and oxygen atoms in total. The quantitative estimate of drug-likeness (QED) is 0.582. The first kappa shape index (κ1) is 17.6. The first-order chi connectivity index (χ1) is 11.9. The van der Waals surface area contributed by atoms with Crippen LogP contribution in [0.5, 0.6) is 5.75 Å². The summed E-state index contributed by atoms with van der Waals surface area (Å²) in [5.41, 5.74) is 10.8. The average Bonchev–Trinajstić information content (AvgIpc) is 2.88. The Bertz CT molecular complexity index is 917. The fourth-order valence-corrected chi connectivity index (χ4v) is 3.55. The molecule has 132 valence electrons. The average molecular weight is 403 g/mol. The number of aromatic nitrogens is 2. The predicted octanol–water partition coefficient (Wildman–Crippen LogP) is 5.10. The maximum Gasteiger partial charge on any atom is 0.208 e. The van der Waals surface area contributed by atoms with Gasteiger partial charge in [-0.2, -0.15) is 0 Å². The van der Waals surface area contributed by atoms with Crippen LogP contribution < -0.4 is 15.8 Å². The SMILES string of the molecule is COc1cc(Br)cc(C)c1Nc1nc2cccc(N)c2n1CC(C)C. The number of hydrogen-bond donors (Lipinski definition) is 2. The van der Waals surface area contributed by atoms with Crippen LogP contribution >= 0.6 is 15.9 Å². The van der Waals surface area contributed by atoms with E-state index in [-0.39, 0.29) is 0 Å². The Labute approximate surface area is 156 Å². The van der Waals surface area contributed by atoms with E-state index in [1.165, 1.54) is 0 Å². The van der Waals surface area contributed by atoms with Crippen LogP contribution in [0.25, 0.3) is 11.0 Å². The van der Waals surface area contributed by atoms with E-state index in [2.05, 4.69) is 45.7 Å². The van der Waals surface area contributed by atoms with Gasteiger partial charge in [-0.25, -0.2) is 4.98 Å². The third kappa shape index (κ3) is 3.44. The number of aryl methyl sites for hydroxylation is 1. The third-order valence-corrected chi connectivity index (χ3v) is 4.52. The second kappa shape index (κ2) is 6.96. The van der Waals surface area contributed by atoms with Crippen molar-refractivity contribution in [1.82, 2.24) is 9.55 Å². The molecule has 0 radical (unpaired) electrons. The molecule has 3 N–H and O–H groups in total. The third-order valence-electron chi connectivity index (χ3n) is 4.07. The first-order valence-electron chi connectivity index (χ1n) is 8.26. The Morgan fingerprint density at radius 3 is 2.76 bits per heavy atom. The molecule has 0 fully saturated rings. The normalized spacial score (nSPS) is 11.3. The molecule has 6 heteroatoms. The van der Waals surface area contributed by atoms with Crippen LogP contribution in [0.15, 0.2) is 34.8 Å². The van der Waals surface area contributed by atoms with Crippen molar-refractivity contribution in [2.45, 2.75) is 27.3 Å². The van der Waals surface area contributed by atoms with Gasteiger partial charge in [0.15, 0.2) is 0 Å². The lowest BCUT2D eigenvalue weighted by molar-refractivity contribution is 0.416. The number of anilines is 3. The zero-order chi connectivity index (χ0) is 18.1. The van der Waals surface area contributed by atoms with Crippen LogP contribution in [-0.2, 0) is 6.54 Å². The fourth-order valence-electron chi connectivity index (χ4n) is 3.00. The molecule has 0 atom stereocenters. The summed E-state index contributed by atoms with van der Waals surface area (Å²) in [6.07, 6.45) is 0. The van der Waals surface area contributed by atoms with E-state index in [0.717, 1.165) is 50.7 Å². The number of ether oxygens (including phenoxy) is 1. The van der Waals surface area contributed by atoms with Gasteiger partial charge >= 0.3 is 0 Å². The summed E-state index contributed by atoms with van der Waals surface area (Å²) in [6.45, 7) is 7.23. The highest BCUT2D eigenvalue weighted by Crippen LogP contribution is 2.35. The van der Waals surface area contributed by atoms with Crippen LogP contribution in [-0.4, -0.2) is 16.7 Å². The number of nitrogens with two attached hydrogens (primary N) is 1. The second-order valence-electron chi connectivity index (χ2n) is 6.58. The molecule has 1 aromatic heterocycles. The number of para-hydroxylation sites is 1. The molecule has 0 bridgehead atoms. The maximum atomic E-state index is 6.23. The Hall–Kier alpha value is -2.21. The number of nitrogen functional groups attached to an aromatic ring is 1. The van der Waals surface area contributed by atoms with Gasteiger partial charge in [0.1, 0.15) is 5.75 Å². The largest absolute Gasteiger partial charge is 0.495 e. The van der Waals surface area contributed by atoms with Gasteiger partial charge in [0, 0.05) is 11.0 Å². The molecule has 0 aliphatic carbocycles. The van der Waals surface area contributed by atoms with Crippen molar-refractivity contribution in [3.8, 4) is 5.75 Å². The van der Waals surface area contributed by atoms with Gasteiger partial charge in [0.2, 0.25) is 5.95 Å². The molecule has 3 rings (SSSR count). The van der Waals surface area contributed by atoms with Crippen LogP contribution in [0.3, 0.4) is 0 Å². The number of nitrogens with zero attached hydrogens (tertiary/aromatic N) is 2. The topological polar surface area (TPSA) is 65.1 Å². The summed E-state index contributed by atoms with van der Waals surface area (Å²) in [5.74, 6) is 2.00. The van der Waals surface area contributed by atoms with Crippen molar-refractivity contribution in [2.75, 3.05) is 18.2 Å². The van der Waals surface area contributed by atoms with E-state index in [1.807, 2.05) is 31.2 Å². The molecule has 0 aliphatic heterocycles. The first-order valence-corrected chi connectivity index (χ1v) is 9.06. The lowest BCUT2D eigenvalue weighted by Crippen LogP contribution is -2.10. The summed E-state index contributed by atoms with van der Waals surface area (Å²) >= 11 is 3.51. The van der Waals surface area contributed by atoms with E-state index in [9.17, 15) is 0 Å². The van der Waals surface area contributed by atoms with Crippen molar-refractivity contribution in [3.63, 3.8) is 0 Å². The fraction of sp³-hybridized carbons (Fsp3) is 0.316. The van der Waals surface area contributed by atoms with Gasteiger partial charge in [-0.05, 0) is 42.7 Å². The standard InChI is InChI=1S/C19H23BrN4O/c1-11(2)10-24-18-14(21)6-5-7-15(18)22-19(24)23-17-12(3)8-13(20)9-16(17)25-4/h5-9,11H,10,21H2,1-4H3,(H,22,23). The number of fused-ring (bicyclic) bond motifs is 1.